The molecule has 0 aromatic carbocycles. The molecular formula is C18H17F4N5OS. The maximum Gasteiger partial charge on any atom is 0.425 e. The number of aromatic nitrogens is 3. The van der Waals surface area contributed by atoms with E-state index in [1.807, 2.05) is 6.92 Å². The van der Waals surface area contributed by atoms with Crippen LogP contribution in [0.3, 0.4) is 0 Å². The van der Waals surface area contributed by atoms with Crippen LogP contribution in [-0.4, -0.2) is 27.4 Å². The molecule has 0 aliphatic rings. The second-order valence-electron chi connectivity index (χ2n) is 6.28. The van der Waals surface area contributed by atoms with Crippen molar-refractivity contribution in [1.29, 1.82) is 0 Å². The number of pyridine rings is 1. The summed E-state index contributed by atoms with van der Waals surface area (Å²) in [5, 5.41) is 5.51. The highest BCUT2D eigenvalue weighted by atomic mass is 32.1. The van der Waals surface area contributed by atoms with Crippen LogP contribution in [-0.2, 0) is 6.18 Å². The summed E-state index contributed by atoms with van der Waals surface area (Å²) in [6, 6.07) is 1.66. The first-order valence-corrected chi connectivity index (χ1v) is 9.54. The summed E-state index contributed by atoms with van der Waals surface area (Å²) >= 11 is 0.420. The van der Waals surface area contributed by atoms with Crippen LogP contribution in [0.2, 0.25) is 0 Å². The summed E-state index contributed by atoms with van der Waals surface area (Å²) in [4.78, 5) is 23.6. The Morgan fingerprint density at radius 1 is 1.24 bits per heavy atom. The lowest BCUT2D eigenvalue weighted by Crippen LogP contribution is -2.25. The first kappa shape index (κ1) is 20.9. The third-order valence-electron chi connectivity index (χ3n) is 3.97. The SMILES string of the molecule is CCCNC(=O)c1nc(N[C@@H](C)c2cncc(F)c2)nc2cc(C(F)(F)F)sc12. The molecule has 0 fully saturated rings. The van der Waals surface area contributed by atoms with Crippen molar-refractivity contribution in [1.82, 2.24) is 20.3 Å². The fraction of sp³-hybridized carbons (Fsp3) is 0.333. The van der Waals surface area contributed by atoms with Gasteiger partial charge >= 0.3 is 6.18 Å². The minimum absolute atomic E-state index is 0.00559. The van der Waals surface area contributed by atoms with Crippen LogP contribution in [0.5, 0.6) is 0 Å². The number of hydrogen-bond donors (Lipinski definition) is 2. The van der Waals surface area contributed by atoms with Crippen molar-refractivity contribution in [2.45, 2.75) is 32.5 Å². The lowest BCUT2D eigenvalue weighted by molar-refractivity contribution is -0.134. The van der Waals surface area contributed by atoms with E-state index in [1.54, 1.807) is 6.92 Å². The maximum atomic E-state index is 13.4. The first-order valence-electron chi connectivity index (χ1n) is 8.73. The molecule has 6 nitrogen and oxygen atoms in total. The topological polar surface area (TPSA) is 79.8 Å². The van der Waals surface area contributed by atoms with Gasteiger partial charge in [0.2, 0.25) is 5.95 Å². The number of fused-ring (bicyclic) bond motifs is 1. The van der Waals surface area contributed by atoms with Crippen LogP contribution in [0, 0.1) is 5.82 Å². The average molecular weight is 427 g/mol. The zero-order chi connectivity index (χ0) is 21.2. The highest BCUT2D eigenvalue weighted by Gasteiger charge is 2.34. The van der Waals surface area contributed by atoms with Crippen LogP contribution in [0.25, 0.3) is 10.2 Å². The van der Waals surface area contributed by atoms with Crippen molar-refractivity contribution < 1.29 is 22.4 Å². The molecule has 0 saturated heterocycles. The molecule has 3 aromatic heterocycles. The molecule has 0 aliphatic carbocycles. The lowest BCUT2D eigenvalue weighted by Gasteiger charge is -2.15. The van der Waals surface area contributed by atoms with Gasteiger partial charge in [0, 0.05) is 12.7 Å². The molecule has 2 N–H and O–H groups in total. The number of amides is 1. The Balaban J connectivity index is 2.02. The molecule has 0 bridgehead atoms. The Kier molecular flexibility index (Phi) is 5.96. The van der Waals surface area contributed by atoms with Crippen molar-refractivity contribution in [3.8, 4) is 0 Å². The third-order valence-corrected chi connectivity index (χ3v) is 5.15. The minimum atomic E-state index is -4.56. The molecule has 0 unspecified atom stereocenters. The molecule has 3 heterocycles. The van der Waals surface area contributed by atoms with E-state index in [4.69, 9.17) is 0 Å². The number of rotatable bonds is 6. The predicted octanol–water partition coefficient (Wildman–Crippen LogP) is 4.56. The van der Waals surface area contributed by atoms with Gasteiger partial charge in [-0.1, -0.05) is 6.92 Å². The standard InChI is InChI=1S/C18H17F4N5OS/c1-3-4-24-16(28)14-15-12(6-13(29-15)18(20,21)22)26-17(27-14)25-9(2)10-5-11(19)8-23-7-10/h5-9H,3-4H2,1-2H3,(H,24,28)(H,25,26,27)/t9-/m0/s1. The van der Waals surface area contributed by atoms with E-state index in [2.05, 4.69) is 25.6 Å². The highest BCUT2D eigenvalue weighted by molar-refractivity contribution is 7.19. The molecule has 0 radical (unpaired) electrons. The summed E-state index contributed by atoms with van der Waals surface area (Å²) in [7, 11) is 0. The number of carbonyl (C=O) groups excluding carboxylic acids is 1. The number of nitrogens with one attached hydrogen (secondary N) is 2. The van der Waals surface area contributed by atoms with Gasteiger partial charge in [-0.15, -0.1) is 11.3 Å². The molecular weight excluding hydrogens is 410 g/mol. The van der Waals surface area contributed by atoms with Gasteiger partial charge < -0.3 is 10.6 Å². The minimum Gasteiger partial charge on any atom is -0.351 e. The summed E-state index contributed by atoms with van der Waals surface area (Å²) in [5.74, 6) is -1.15. The van der Waals surface area contributed by atoms with Crippen LogP contribution >= 0.6 is 11.3 Å². The van der Waals surface area contributed by atoms with Crippen molar-refractivity contribution in [2.24, 2.45) is 0 Å². The molecule has 0 saturated carbocycles. The van der Waals surface area contributed by atoms with E-state index in [0.29, 0.717) is 29.9 Å². The summed E-state index contributed by atoms with van der Waals surface area (Å²) in [5.41, 5.74) is 0.356. The second kappa shape index (κ2) is 8.27. The number of nitrogens with zero attached hydrogens (tertiary/aromatic N) is 3. The van der Waals surface area contributed by atoms with Crippen LogP contribution < -0.4 is 10.6 Å². The Hall–Kier alpha value is -2.82. The van der Waals surface area contributed by atoms with Gasteiger partial charge in [-0.05, 0) is 31.0 Å². The molecule has 1 amide bonds. The quantitative estimate of drug-likeness (QED) is 0.564. The largest absolute Gasteiger partial charge is 0.425 e. The fourth-order valence-corrected chi connectivity index (χ4v) is 3.50. The molecule has 29 heavy (non-hydrogen) atoms. The van der Waals surface area contributed by atoms with Crippen molar-refractivity contribution in [3.63, 3.8) is 0 Å². The van der Waals surface area contributed by atoms with Gasteiger partial charge in [0.15, 0.2) is 5.69 Å². The number of anilines is 1. The number of alkyl halides is 3. The number of hydrogen-bond acceptors (Lipinski definition) is 6. The zero-order valence-corrected chi connectivity index (χ0v) is 16.3. The lowest BCUT2D eigenvalue weighted by atomic mass is 10.1. The van der Waals surface area contributed by atoms with E-state index in [1.165, 1.54) is 12.3 Å². The molecule has 11 heteroatoms. The Labute approximate surface area is 167 Å². The molecule has 154 valence electrons. The average Bonchev–Trinajstić information content (AvgIpc) is 3.10. The number of halogens is 4. The van der Waals surface area contributed by atoms with E-state index >= 15 is 0 Å². The molecule has 0 aliphatic heterocycles. The molecule has 1 atom stereocenters. The Morgan fingerprint density at radius 3 is 2.66 bits per heavy atom. The van der Waals surface area contributed by atoms with Crippen molar-refractivity contribution in [3.05, 3.63) is 46.5 Å². The van der Waals surface area contributed by atoms with Crippen molar-refractivity contribution in [2.75, 3.05) is 11.9 Å². The van der Waals surface area contributed by atoms with Crippen molar-refractivity contribution >= 4 is 33.4 Å². The second-order valence-corrected chi connectivity index (χ2v) is 7.33. The third kappa shape index (κ3) is 4.78. The monoisotopic (exact) mass is 427 g/mol. The first-order chi connectivity index (χ1) is 13.7. The highest BCUT2D eigenvalue weighted by Crippen LogP contribution is 2.38. The van der Waals surface area contributed by atoms with Gasteiger partial charge in [0.25, 0.3) is 5.91 Å². The summed E-state index contributed by atoms with van der Waals surface area (Å²) in [6.07, 6.45) is -1.40. The number of thiophene rings is 1. The van der Waals surface area contributed by atoms with Crippen LogP contribution in [0.15, 0.2) is 24.5 Å². The van der Waals surface area contributed by atoms with E-state index in [9.17, 15) is 22.4 Å². The molecule has 3 rings (SSSR count). The maximum absolute atomic E-state index is 13.4. The number of carbonyl (C=O) groups is 1. The predicted molar refractivity (Wildman–Crippen MR) is 101 cm³/mol. The molecule has 3 aromatic rings. The van der Waals surface area contributed by atoms with E-state index in [0.717, 1.165) is 12.3 Å². The van der Waals surface area contributed by atoms with Crippen LogP contribution in [0.1, 0.15) is 47.2 Å². The van der Waals surface area contributed by atoms with Gasteiger partial charge in [0.05, 0.1) is 22.5 Å². The van der Waals surface area contributed by atoms with Gasteiger partial charge in [-0.25, -0.2) is 14.4 Å². The van der Waals surface area contributed by atoms with E-state index in [-0.39, 0.29) is 21.9 Å². The summed E-state index contributed by atoms with van der Waals surface area (Å²) < 4.78 is 52.9. The summed E-state index contributed by atoms with van der Waals surface area (Å²) in [6.45, 7) is 3.90. The Bertz CT molecular complexity index is 1040. The van der Waals surface area contributed by atoms with Gasteiger partial charge in [0.1, 0.15) is 10.7 Å². The fourth-order valence-electron chi connectivity index (χ4n) is 2.55. The normalized spacial score (nSPS) is 12.8. The van der Waals surface area contributed by atoms with E-state index < -0.39 is 28.8 Å². The smallest absolute Gasteiger partial charge is 0.351 e. The van der Waals surface area contributed by atoms with Crippen LogP contribution in [0.4, 0.5) is 23.5 Å². The van der Waals surface area contributed by atoms with Gasteiger partial charge in [-0.2, -0.15) is 13.2 Å². The Morgan fingerprint density at radius 2 is 2.00 bits per heavy atom. The van der Waals surface area contributed by atoms with Gasteiger partial charge in [-0.3, -0.25) is 9.78 Å². The zero-order valence-electron chi connectivity index (χ0n) is 15.5. The molecule has 0 spiro atoms.